The maximum Gasteiger partial charge on any atom is 0.332 e. The van der Waals surface area contributed by atoms with Crippen LogP contribution < -0.4 is 16.0 Å². The second-order valence-corrected chi connectivity index (χ2v) is 9.56. The smallest absolute Gasteiger partial charge is 0.332 e. The average Bonchev–Trinajstić information content (AvgIpc) is 2.99. The van der Waals surface area contributed by atoms with Gasteiger partial charge in [0.2, 0.25) is 6.41 Å². The summed E-state index contributed by atoms with van der Waals surface area (Å²) in [6, 6.07) is 17.4. The third-order valence-corrected chi connectivity index (χ3v) is 7.06. The van der Waals surface area contributed by atoms with Crippen LogP contribution in [0.5, 0.6) is 5.75 Å². The second-order valence-electron chi connectivity index (χ2n) is 9.56. The molecule has 10 heteroatoms. The summed E-state index contributed by atoms with van der Waals surface area (Å²) >= 11 is 0. The van der Waals surface area contributed by atoms with E-state index >= 15 is 0 Å². The van der Waals surface area contributed by atoms with Crippen LogP contribution in [0.2, 0.25) is 0 Å². The SMILES string of the molecule is O=CN1CCC(n2c(=O)n(Cc3ccc(-c4ccccn4)cc3)c(=O)c3cc(OC(CF)CF)ccc32)CC1. The van der Waals surface area contributed by atoms with Crippen molar-refractivity contribution in [3.63, 3.8) is 0 Å². The second kappa shape index (κ2) is 11.6. The minimum Gasteiger partial charge on any atom is -0.485 e. The number of amides is 1. The van der Waals surface area contributed by atoms with Gasteiger partial charge in [0.15, 0.2) is 6.10 Å². The van der Waals surface area contributed by atoms with Crippen LogP contribution in [0, 0.1) is 0 Å². The molecule has 0 spiro atoms. The van der Waals surface area contributed by atoms with Gasteiger partial charge in [-0.25, -0.2) is 13.6 Å². The summed E-state index contributed by atoms with van der Waals surface area (Å²) in [6.07, 6.45) is 2.33. The fraction of sp³-hybridized carbons (Fsp3) is 0.310. The Morgan fingerprint density at radius 3 is 2.38 bits per heavy atom. The molecule has 0 atom stereocenters. The van der Waals surface area contributed by atoms with E-state index in [0.717, 1.165) is 23.2 Å². The van der Waals surface area contributed by atoms with Gasteiger partial charge in [-0.05, 0) is 48.7 Å². The molecule has 1 aliphatic heterocycles. The van der Waals surface area contributed by atoms with Crippen LogP contribution in [0.1, 0.15) is 24.4 Å². The number of nitrogens with zero attached hydrogens (tertiary/aromatic N) is 4. The molecule has 1 amide bonds. The first-order chi connectivity index (χ1) is 19.0. The minimum atomic E-state index is -1.28. The van der Waals surface area contributed by atoms with Gasteiger partial charge >= 0.3 is 5.69 Å². The minimum absolute atomic E-state index is 0.0337. The predicted octanol–water partition coefficient (Wildman–Crippen LogP) is 3.75. The molecular formula is C29H28F2N4O4. The molecule has 1 fully saturated rings. The predicted molar refractivity (Wildman–Crippen MR) is 144 cm³/mol. The number of pyridine rings is 1. The number of alkyl halides is 2. The van der Waals surface area contributed by atoms with E-state index in [1.165, 1.54) is 16.7 Å². The normalized spacial score (nSPS) is 14.2. The fourth-order valence-electron chi connectivity index (χ4n) is 4.97. The van der Waals surface area contributed by atoms with Crippen molar-refractivity contribution in [1.82, 2.24) is 19.0 Å². The monoisotopic (exact) mass is 534 g/mol. The van der Waals surface area contributed by atoms with Crippen LogP contribution in [-0.2, 0) is 11.3 Å². The van der Waals surface area contributed by atoms with Crippen LogP contribution in [0.15, 0.2) is 76.4 Å². The summed E-state index contributed by atoms with van der Waals surface area (Å²) in [7, 11) is 0. The summed E-state index contributed by atoms with van der Waals surface area (Å²) < 4.78 is 34.4. The number of ether oxygens (including phenoxy) is 1. The fourth-order valence-corrected chi connectivity index (χ4v) is 4.97. The standard InChI is InChI=1S/C29H28F2N4O4/c30-16-24(17-31)39-23-8-9-27-25(15-23)28(37)34(29(38)35(27)22-10-13-33(19-36)14-11-22)18-20-4-6-21(7-5-20)26-3-1-2-12-32-26/h1-9,12,15,19,22,24H,10-11,13-14,16-18H2. The third-order valence-electron chi connectivity index (χ3n) is 7.06. The lowest BCUT2D eigenvalue weighted by Gasteiger charge is -2.31. The largest absolute Gasteiger partial charge is 0.485 e. The lowest BCUT2D eigenvalue weighted by Crippen LogP contribution is -2.44. The third kappa shape index (κ3) is 5.45. The average molecular weight is 535 g/mol. The molecule has 0 radical (unpaired) electrons. The van der Waals surface area contributed by atoms with Crippen LogP contribution in [0.3, 0.4) is 0 Å². The van der Waals surface area contributed by atoms with Crippen LogP contribution in [0.4, 0.5) is 8.78 Å². The zero-order valence-electron chi connectivity index (χ0n) is 21.2. The van der Waals surface area contributed by atoms with Crippen molar-refractivity contribution in [2.24, 2.45) is 0 Å². The van der Waals surface area contributed by atoms with Gasteiger partial charge in [-0.2, -0.15) is 0 Å². The summed E-state index contributed by atoms with van der Waals surface area (Å²) in [6.45, 7) is -1.01. The maximum absolute atomic E-state index is 13.8. The summed E-state index contributed by atoms with van der Waals surface area (Å²) in [5.74, 6) is 0.145. The van der Waals surface area contributed by atoms with Gasteiger partial charge in [-0.15, -0.1) is 0 Å². The van der Waals surface area contributed by atoms with E-state index in [1.807, 2.05) is 42.5 Å². The van der Waals surface area contributed by atoms with Crippen molar-refractivity contribution >= 4 is 17.3 Å². The number of carbonyl (C=O) groups is 1. The summed E-state index contributed by atoms with van der Waals surface area (Å²) in [5.41, 5.74) is 1.90. The quantitative estimate of drug-likeness (QED) is 0.305. The number of benzene rings is 2. The van der Waals surface area contributed by atoms with Crippen molar-refractivity contribution in [2.75, 3.05) is 26.4 Å². The number of halogens is 2. The number of rotatable bonds is 9. The number of hydrogen-bond donors (Lipinski definition) is 0. The van der Waals surface area contributed by atoms with Gasteiger partial charge in [0.25, 0.3) is 5.56 Å². The molecular weight excluding hydrogens is 506 g/mol. The van der Waals surface area contributed by atoms with E-state index in [0.29, 0.717) is 31.4 Å². The Morgan fingerprint density at radius 1 is 1.00 bits per heavy atom. The lowest BCUT2D eigenvalue weighted by molar-refractivity contribution is -0.119. The maximum atomic E-state index is 13.8. The lowest BCUT2D eigenvalue weighted by atomic mass is 10.0. The van der Waals surface area contributed by atoms with Crippen LogP contribution in [-0.4, -0.2) is 58.0 Å². The van der Waals surface area contributed by atoms with Gasteiger partial charge in [0.1, 0.15) is 19.1 Å². The van der Waals surface area contributed by atoms with Crippen LogP contribution >= 0.6 is 0 Å². The molecule has 4 aromatic rings. The van der Waals surface area contributed by atoms with E-state index < -0.39 is 30.7 Å². The Kier molecular flexibility index (Phi) is 7.81. The molecule has 202 valence electrons. The number of likely N-dealkylation sites (tertiary alicyclic amines) is 1. The zero-order valence-corrected chi connectivity index (χ0v) is 21.2. The van der Waals surface area contributed by atoms with Gasteiger partial charge in [-0.3, -0.25) is 23.7 Å². The Hall–Kier alpha value is -4.34. The first kappa shape index (κ1) is 26.3. The highest BCUT2D eigenvalue weighted by Crippen LogP contribution is 2.26. The summed E-state index contributed by atoms with van der Waals surface area (Å²) in [5, 5.41) is 0.214. The number of fused-ring (bicyclic) bond motifs is 1. The first-order valence-electron chi connectivity index (χ1n) is 12.8. The van der Waals surface area contributed by atoms with E-state index in [1.54, 1.807) is 21.7 Å². The molecule has 0 aliphatic carbocycles. The molecule has 0 N–H and O–H groups in total. The number of aromatic nitrogens is 3. The number of piperidine rings is 1. The Bertz CT molecular complexity index is 1560. The van der Waals surface area contributed by atoms with Crippen LogP contribution in [0.25, 0.3) is 22.2 Å². The molecule has 39 heavy (non-hydrogen) atoms. The van der Waals surface area contributed by atoms with Crippen molar-refractivity contribution < 1.29 is 18.3 Å². The van der Waals surface area contributed by atoms with Crippen molar-refractivity contribution in [1.29, 1.82) is 0 Å². The van der Waals surface area contributed by atoms with Gasteiger partial charge in [0, 0.05) is 30.9 Å². The van der Waals surface area contributed by atoms with E-state index in [4.69, 9.17) is 4.74 Å². The molecule has 0 saturated carbocycles. The molecule has 0 unspecified atom stereocenters. The molecule has 0 bridgehead atoms. The van der Waals surface area contributed by atoms with E-state index in [9.17, 15) is 23.2 Å². The summed E-state index contributed by atoms with van der Waals surface area (Å²) in [4.78, 5) is 44.7. The molecule has 2 aromatic heterocycles. The molecule has 1 saturated heterocycles. The van der Waals surface area contributed by atoms with Crippen molar-refractivity contribution in [3.8, 4) is 17.0 Å². The van der Waals surface area contributed by atoms with Gasteiger partial charge in [0.05, 0.1) is 23.1 Å². The van der Waals surface area contributed by atoms with E-state index in [-0.39, 0.29) is 23.7 Å². The molecule has 2 aromatic carbocycles. The molecule has 1 aliphatic rings. The highest BCUT2D eigenvalue weighted by Gasteiger charge is 2.25. The number of hydrogen-bond acceptors (Lipinski definition) is 5. The van der Waals surface area contributed by atoms with Gasteiger partial charge in [-0.1, -0.05) is 30.3 Å². The molecule has 5 rings (SSSR count). The molecule has 8 nitrogen and oxygen atoms in total. The first-order valence-corrected chi connectivity index (χ1v) is 12.8. The van der Waals surface area contributed by atoms with Crippen molar-refractivity contribution in [3.05, 3.63) is 93.3 Å². The highest BCUT2D eigenvalue weighted by molar-refractivity contribution is 5.80. The van der Waals surface area contributed by atoms with E-state index in [2.05, 4.69) is 4.98 Å². The molecule has 3 heterocycles. The Morgan fingerprint density at radius 2 is 1.74 bits per heavy atom. The van der Waals surface area contributed by atoms with Crippen molar-refractivity contribution in [2.45, 2.75) is 31.5 Å². The Balaban J connectivity index is 1.57. The topological polar surface area (TPSA) is 86.4 Å². The van der Waals surface area contributed by atoms with Gasteiger partial charge < -0.3 is 9.64 Å². The Labute approximate surface area is 223 Å². The highest BCUT2D eigenvalue weighted by atomic mass is 19.1. The number of carbonyl (C=O) groups excluding carboxylic acids is 1. The zero-order chi connectivity index (χ0) is 27.4.